The fourth-order valence-corrected chi connectivity index (χ4v) is 2.68. The third kappa shape index (κ3) is 2.84. The predicted molar refractivity (Wildman–Crippen MR) is 71.6 cm³/mol. The van der Waals surface area contributed by atoms with E-state index in [2.05, 4.69) is 37.7 Å². The third-order valence-electron chi connectivity index (χ3n) is 3.63. The van der Waals surface area contributed by atoms with Crippen molar-refractivity contribution in [2.75, 3.05) is 7.05 Å². The minimum absolute atomic E-state index is 0.601. The Morgan fingerprint density at radius 1 is 1.32 bits per heavy atom. The second-order valence-electron chi connectivity index (χ2n) is 5.16. The van der Waals surface area contributed by atoms with Crippen LogP contribution in [0.5, 0.6) is 0 Å². The molecule has 0 aromatic carbocycles. The molecule has 0 unspecified atom stereocenters. The highest BCUT2D eigenvalue weighted by Crippen LogP contribution is 2.28. The maximum Gasteiger partial charge on any atom is 0.0964 e. The Labute approximate surface area is 112 Å². The molecule has 0 amide bonds. The Bertz CT molecular complexity index is 523. The summed E-state index contributed by atoms with van der Waals surface area (Å²) >= 11 is 0. The van der Waals surface area contributed by atoms with E-state index in [1.54, 1.807) is 0 Å². The van der Waals surface area contributed by atoms with Crippen molar-refractivity contribution in [3.05, 3.63) is 29.8 Å². The Kier molecular flexibility index (Phi) is 3.59. The Morgan fingerprint density at radius 3 is 2.95 bits per heavy atom. The van der Waals surface area contributed by atoms with Gasteiger partial charge in [0.2, 0.25) is 0 Å². The van der Waals surface area contributed by atoms with Crippen molar-refractivity contribution in [2.24, 2.45) is 0 Å². The highest BCUT2D eigenvalue weighted by Gasteiger charge is 2.17. The van der Waals surface area contributed by atoms with Crippen molar-refractivity contribution in [3.63, 3.8) is 0 Å². The molecule has 1 N–H and O–H groups in total. The summed E-state index contributed by atoms with van der Waals surface area (Å²) in [5.41, 5.74) is 2.01. The molecule has 0 atom stereocenters. The SMILES string of the molecule is CNCc1cn(Cc2ccn(C3CCCC3)n2)nn1. The van der Waals surface area contributed by atoms with Gasteiger partial charge in [0.25, 0.3) is 0 Å². The summed E-state index contributed by atoms with van der Waals surface area (Å²) in [6.07, 6.45) is 9.24. The predicted octanol–water partition coefficient (Wildman–Crippen LogP) is 1.36. The molecule has 2 aromatic rings. The van der Waals surface area contributed by atoms with Crippen molar-refractivity contribution >= 4 is 0 Å². The van der Waals surface area contributed by atoms with Gasteiger partial charge in [-0.25, -0.2) is 4.68 Å². The van der Waals surface area contributed by atoms with E-state index < -0.39 is 0 Å². The first-order chi connectivity index (χ1) is 9.35. The normalized spacial score (nSPS) is 16.3. The summed E-state index contributed by atoms with van der Waals surface area (Å²) < 4.78 is 3.96. The molecule has 102 valence electrons. The largest absolute Gasteiger partial charge is 0.314 e. The second-order valence-corrected chi connectivity index (χ2v) is 5.16. The average molecular weight is 260 g/mol. The fourth-order valence-electron chi connectivity index (χ4n) is 2.68. The molecule has 19 heavy (non-hydrogen) atoms. The molecule has 3 rings (SSSR count). The van der Waals surface area contributed by atoms with Gasteiger partial charge in [0.1, 0.15) is 0 Å². The van der Waals surface area contributed by atoms with E-state index in [0.29, 0.717) is 12.6 Å². The maximum absolute atomic E-state index is 4.66. The van der Waals surface area contributed by atoms with E-state index in [-0.39, 0.29) is 0 Å². The van der Waals surface area contributed by atoms with Gasteiger partial charge in [0.05, 0.1) is 30.2 Å². The molecule has 0 saturated heterocycles. The molecular formula is C13H20N6. The molecule has 0 radical (unpaired) electrons. The van der Waals surface area contributed by atoms with Crippen LogP contribution in [0.1, 0.15) is 43.1 Å². The summed E-state index contributed by atoms with van der Waals surface area (Å²) in [5.74, 6) is 0. The standard InChI is InChI=1S/C13H20N6/c1-14-8-12-10-18(17-15-12)9-11-6-7-19(16-11)13-4-2-3-5-13/h6-7,10,13-14H,2-5,8-9H2,1H3. The lowest BCUT2D eigenvalue weighted by atomic mass is 10.3. The summed E-state index contributed by atoms with van der Waals surface area (Å²) in [6, 6.07) is 2.68. The van der Waals surface area contributed by atoms with Gasteiger partial charge >= 0.3 is 0 Å². The van der Waals surface area contributed by atoms with Crippen LogP contribution in [-0.4, -0.2) is 31.8 Å². The zero-order chi connectivity index (χ0) is 13.1. The Hall–Kier alpha value is -1.69. The van der Waals surface area contributed by atoms with Gasteiger partial charge in [-0.05, 0) is 26.0 Å². The molecule has 2 aromatic heterocycles. The second kappa shape index (κ2) is 5.52. The van der Waals surface area contributed by atoms with Crippen LogP contribution in [-0.2, 0) is 13.1 Å². The van der Waals surface area contributed by atoms with Crippen LogP contribution in [0.25, 0.3) is 0 Å². The van der Waals surface area contributed by atoms with Gasteiger partial charge in [-0.2, -0.15) is 5.10 Å². The van der Waals surface area contributed by atoms with E-state index in [9.17, 15) is 0 Å². The molecular weight excluding hydrogens is 240 g/mol. The number of nitrogens with one attached hydrogen (secondary N) is 1. The molecule has 6 nitrogen and oxygen atoms in total. The van der Waals surface area contributed by atoms with Crippen molar-refractivity contribution < 1.29 is 0 Å². The molecule has 0 bridgehead atoms. The molecule has 1 fully saturated rings. The molecule has 2 heterocycles. The number of rotatable bonds is 5. The highest BCUT2D eigenvalue weighted by molar-refractivity contribution is 5.02. The smallest absolute Gasteiger partial charge is 0.0964 e. The summed E-state index contributed by atoms with van der Waals surface area (Å²) in [6.45, 7) is 1.44. The van der Waals surface area contributed by atoms with Crippen LogP contribution >= 0.6 is 0 Å². The minimum Gasteiger partial charge on any atom is -0.314 e. The molecule has 0 spiro atoms. The van der Waals surface area contributed by atoms with E-state index in [1.807, 2.05) is 17.9 Å². The van der Waals surface area contributed by atoms with Gasteiger partial charge in [-0.1, -0.05) is 18.1 Å². The number of hydrogen-bond acceptors (Lipinski definition) is 4. The quantitative estimate of drug-likeness (QED) is 0.881. The van der Waals surface area contributed by atoms with Crippen LogP contribution in [0.3, 0.4) is 0 Å². The lowest BCUT2D eigenvalue weighted by Crippen LogP contribution is -2.07. The van der Waals surface area contributed by atoms with Crippen LogP contribution < -0.4 is 5.32 Å². The lowest BCUT2D eigenvalue weighted by Gasteiger charge is -2.08. The van der Waals surface area contributed by atoms with Gasteiger partial charge in [0.15, 0.2) is 0 Å². The molecule has 1 aliphatic rings. The summed E-state index contributed by atoms with van der Waals surface area (Å²) in [5, 5.41) is 15.9. The van der Waals surface area contributed by atoms with Crippen molar-refractivity contribution in [2.45, 2.75) is 44.8 Å². The minimum atomic E-state index is 0.601. The maximum atomic E-state index is 4.66. The highest BCUT2D eigenvalue weighted by atomic mass is 15.4. The van der Waals surface area contributed by atoms with E-state index in [0.717, 1.165) is 17.9 Å². The van der Waals surface area contributed by atoms with E-state index in [1.165, 1.54) is 25.7 Å². The van der Waals surface area contributed by atoms with Crippen molar-refractivity contribution in [1.29, 1.82) is 0 Å². The van der Waals surface area contributed by atoms with Crippen molar-refractivity contribution in [3.8, 4) is 0 Å². The van der Waals surface area contributed by atoms with Gasteiger partial charge in [-0.3, -0.25) is 4.68 Å². The Balaban J connectivity index is 1.65. The van der Waals surface area contributed by atoms with Gasteiger partial charge in [0, 0.05) is 12.7 Å². The van der Waals surface area contributed by atoms with Gasteiger partial charge < -0.3 is 5.32 Å². The Morgan fingerprint density at radius 2 is 2.16 bits per heavy atom. The number of nitrogens with zero attached hydrogens (tertiary/aromatic N) is 5. The first kappa shape index (κ1) is 12.3. The fraction of sp³-hybridized carbons (Fsp3) is 0.615. The van der Waals surface area contributed by atoms with Crippen LogP contribution in [0, 0.1) is 0 Å². The molecule has 6 heteroatoms. The van der Waals surface area contributed by atoms with Gasteiger partial charge in [-0.15, -0.1) is 5.10 Å². The number of hydrogen-bond donors (Lipinski definition) is 1. The van der Waals surface area contributed by atoms with E-state index >= 15 is 0 Å². The zero-order valence-electron chi connectivity index (χ0n) is 11.3. The summed E-state index contributed by atoms with van der Waals surface area (Å²) in [4.78, 5) is 0. The molecule has 1 saturated carbocycles. The lowest BCUT2D eigenvalue weighted by molar-refractivity contribution is 0.460. The average Bonchev–Trinajstić information content (AvgIpc) is 3.10. The van der Waals surface area contributed by atoms with Crippen molar-refractivity contribution in [1.82, 2.24) is 30.1 Å². The summed E-state index contributed by atoms with van der Waals surface area (Å²) in [7, 11) is 1.91. The topological polar surface area (TPSA) is 60.6 Å². The number of aromatic nitrogens is 5. The van der Waals surface area contributed by atoms with Crippen LogP contribution in [0.4, 0.5) is 0 Å². The third-order valence-corrected chi connectivity index (χ3v) is 3.63. The van der Waals surface area contributed by atoms with Crippen LogP contribution in [0.15, 0.2) is 18.5 Å². The monoisotopic (exact) mass is 260 g/mol. The molecule has 1 aliphatic carbocycles. The first-order valence-corrected chi connectivity index (χ1v) is 6.93. The van der Waals surface area contributed by atoms with E-state index in [4.69, 9.17) is 0 Å². The van der Waals surface area contributed by atoms with Crippen LogP contribution in [0.2, 0.25) is 0 Å². The molecule has 0 aliphatic heterocycles. The zero-order valence-corrected chi connectivity index (χ0v) is 11.3. The first-order valence-electron chi connectivity index (χ1n) is 6.93.